The molecule has 0 aromatic heterocycles. The van der Waals surface area contributed by atoms with Crippen LogP contribution in [0.25, 0.3) is 0 Å². The first kappa shape index (κ1) is 11.1. The quantitative estimate of drug-likeness (QED) is 0.742. The van der Waals surface area contributed by atoms with Crippen molar-refractivity contribution in [1.82, 2.24) is 4.90 Å². The number of rotatable bonds is 3. The third kappa shape index (κ3) is 2.42. The summed E-state index contributed by atoms with van der Waals surface area (Å²) in [4.78, 5) is 13.1. The highest BCUT2D eigenvalue weighted by molar-refractivity contribution is 5.68. The summed E-state index contributed by atoms with van der Waals surface area (Å²) in [5.41, 5.74) is 1.23. The Bertz CT molecular complexity index is 363. The average molecular weight is 218 g/mol. The number of hydrogen-bond donors (Lipinski definition) is 0. The molecule has 2 rings (SSSR count). The van der Waals surface area contributed by atoms with Crippen molar-refractivity contribution in [3.05, 3.63) is 35.9 Å². The van der Waals surface area contributed by atoms with E-state index in [-0.39, 0.29) is 11.8 Å². The lowest BCUT2D eigenvalue weighted by Crippen LogP contribution is -2.35. The number of carboxylic acid groups (broad SMARTS) is 1. The van der Waals surface area contributed by atoms with Gasteiger partial charge in [-0.05, 0) is 11.5 Å². The van der Waals surface area contributed by atoms with Crippen molar-refractivity contribution in [3.63, 3.8) is 0 Å². The van der Waals surface area contributed by atoms with Gasteiger partial charge in [-0.3, -0.25) is 4.90 Å². The fourth-order valence-corrected chi connectivity index (χ4v) is 2.34. The molecule has 1 aromatic carbocycles. The van der Waals surface area contributed by atoms with Crippen LogP contribution in [0.15, 0.2) is 30.3 Å². The summed E-state index contributed by atoms with van der Waals surface area (Å²) in [6.07, 6.45) is 0. The molecular formula is C13H16NO2-. The third-order valence-electron chi connectivity index (χ3n) is 3.24. The molecule has 3 heteroatoms. The SMILES string of the molecule is C[C@@H]1CN(Cc2ccccc2)C[C@H]1C(=O)[O-]. The van der Waals surface area contributed by atoms with Crippen LogP contribution in [0, 0.1) is 11.8 Å². The van der Waals surface area contributed by atoms with Gasteiger partial charge in [0.25, 0.3) is 0 Å². The summed E-state index contributed by atoms with van der Waals surface area (Å²) in [5, 5.41) is 10.9. The number of hydrogen-bond acceptors (Lipinski definition) is 3. The summed E-state index contributed by atoms with van der Waals surface area (Å²) in [6.45, 7) is 4.26. The lowest BCUT2D eigenvalue weighted by atomic mass is 9.99. The van der Waals surface area contributed by atoms with Crippen LogP contribution in [0.2, 0.25) is 0 Å². The fourth-order valence-electron chi connectivity index (χ4n) is 2.34. The van der Waals surface area contributed by atoms with Crippen molar-refractivity contribution in [1.29, 1.82) is 0 Å². The van der Waals surface area contributed by atoms with E-state index in [1.807, 2.05) is 25.1 Å². The summed E-state index contributed by atoms with van der Waals surface area (Å²) in [7, 11) is 0. The van der Waals surface area contributed by atoms with Crippen LogP contribution in [0.3, 0.4) is 0 Å². The summed E-state index contributed by atoms with van der Waals surface area (Å²) in [5.74, 6) is -1.04. The van der Waals surface area contributed by atoms with Crippen LogP contribution in [0.5, 0.6) is 0 Å². The van der Waals surface area contributed by atoms with E-state index >= 15 is 0 Å². The molecule has 0 radical (unpaired) electrons. The van der Waals surface area contributed by atoms with Gasteiger partial charge in [-0.25, -0.2) is 0 Å². The van der Waals surface area contributed by atoms with Gasteiger partial charge >= 0.3 is 0 Å². The molecule has 86 valence electrons. The van der Waals surface area contributed by atoms with Gasteiger partial charge in [0.15, 0.2) is 0 Å². The maximum atomic E-state index is 10.9. The van der Waals surface area contributed by atoms with Gasteiger partial charge in [-0.2, -0.15) is 0 Å². The van der Waals surface area contributed by atoms with E-state index in [1.54, 1.807) is 0 Å². The molecule has 1 aliphatic rings. The highest BCUT2D eigenvalue weighted by atomic mass is 16.4. The average Bonchev–Trinajstić information content (AvgIpc) is 2.61. The van der Waals surface area contributed by atoms with Crippen molar-refractivity contribution in [2.75, 3.05) is 13.1 Å². The largest absolute Gasteiger partial charge is 0.550 e. The molecule has 1 aromatic rings. The van der Waals surface area contributed by atoms with Crippen LogP contribution in [0.4, 0.5) is 0 Å². The molecule has 2 atom stereocenters. The molecule has 1 aliphatic heterocycles. The Hall–Kier alpha value is -1.35. The second kappa shape index (κ2) is 4.66. The highest BCUT2D eigenvalue weighted by Gasteiger charge is 2.30. The van der Waals surface area contributed by atoms with Gasteiger partial charge in [0.2, 0.25) is 0 Å². The Labute approximate surface area is 95.7 Å². The van der Waals surface area contributed by atoms with E-state index in [9.17, 15) is 9.90 Å². The predicted octanol–water partition coefficient (Wildman–Crippen LogP) is 0.504. The minimum absolute atomic E-state index is 0.189. The second-order valence-electron chi connectivity index (χ2n) is 4.58. The maximum absolute atomic E-state index is 10.9. The number of nitrogens with zero attached hydrogens (tertiary/aromatic N) is 1. The molecule has 0 amide bonds. The van der Waals surface area contributed by atoms with E-state index < -0.39 is 5.97 Å². The van der Waals surface area contributed by atoms with Gasteiger partial charge in [-0.15, -0.1) is 0 Å². The molecule has 1 fully saturated rings. The maximum Gasteiger partial charge on any atom is 0.0461 e. The van der Waals surface area contributed by atoms with Crippen LogP contribution < -0.4 is 5.11 Å². The molecule has 0 spiro atoms. The van der Waals surface area contributed by atoms with Gasteiger partial charge in [0, 0.05) is 31.5 Å². The van der Waals surface area contributed by atoms with E-state index in [1.165, 1.54) is 5.56 Å². The van der Waals surface area contributed by atoms with Gasteiger partial charge in [0.05, 0.1) is 0 Å². The molecular weight excluding hydrogens is 202 g/mol. The Morgan fingerprint density at radius 1 is 1.38 bits per heavy atom. The van der Waals surface area contributed by atoms with Crippen LogP contribution in [-0.4, -0.2) is 24.0 Å². The third-order valence-corrected chi connectivity index (χ3v) is 3.24. The Morgan fingerprint density at radius 2 is 2.06 bits per heavy atom. The second-order valence-corrected chi connectivity index (χ2v) is 4.58. The monoisotopic (exact) mass is 218 g/mol. The van der Waals surface area contributed by atoms with Crippen molar-refractivity contribution < 1.29 is 9.90 Å². The Balaban J connectivity index is 1.96. The number of carboxylic acids is 1. The Kier molecular flexibility index (Phi) is 3.25. The number of benzene rings is 1. The first-order valence-electron chi connectivity index (χ1n) is 5.64. The van der Waals surface area contributed by atoms with E-state index in [2.05, 4.69) is 17.0 Å². The number of carbonyl (C=O) groups excluding carboxylic acids is 1. The van der Waals surface area contributed by atoms with Crippen molar-refractivity contribution >= 4 is 5.97 Å². The van der Waals surface area contributed by atoms with Crippen molar-refractivity contribution in [2.45, 2.75) is 13.5 Å². The zero-order chi connectivity index (χ0) is 11.5. The predicted molar refractivity (Wildman–Crippen MR) is 59.4 cm³/mol. The lowest BCUT2D eigenvalue weighted by Gasteiger charge is -2.16. The summed E-state index contributed by atoms with van der Waals surface area (Å²) < 4.78 is 0. The minimum atomic E-state index is -0.914. The number of aliphatic carboxylic acids is 1. The first-order valence-corrected chi connectivity index (χ1v) is 5.64. The zero-order valence-electron chi connectivity index (χ0n) is 9.43. The van der Waals surface area contributed by atoms with Gasteiger partial charge in [0.1, 0.15) is 0 Å². The molecule has 16 heavy (non-hydrogen) atoms. The van der Waals surface area contributed by atoms with E-state index in [0.29, 0.717) is 6.54 Å². The summed E-state index contributed by atoms with van der Waals surface area (Å²) >= 11 is 0. The van der Waals surface area contributed by atoms with E-state index in [0.717, 1.165) is 13.1 Å². The molecule has 0 N–H and O–H groups in total. The van der Waals surface area contributed by atoms with Gasteiger partial charge < -0.3 is 9.90 Å². The Morgan fingerprint density at radius 3 is 2.62 bits per heavy atom. The molecule has 0 unspecified atom stereocenters. The minimum Gasteiger partial charge on any atom is -0.550 e. The molecule has 0 saturated carbocycles. The molecule has 1 heterocycles. The molecule has 0 bridgehead atoms. The zero-order valence-corrected chi connectivity index (χ0v) is 9.43. The summed E-state index contributed by atoms with van der Waals surface area (Å²) in [6, 6.07) is 10.1. The van der Waals surface area contributed by atoms with Crippen LogP contribution in [-0.2, 0) is 11.3 Å². The molecule has 0 aliphatic carbocycles. The van der Waals surface area contributed by atoms with Crippen LogP contribution >= 0.6 is 0 Å². The van der Waals surface area contributed by atoms with Crippen molar-refractivity contribution in [2.24, 2.45) is 11.8 Å². The lowest BCUT2D eigenvalue weighted by molar-refractivity contribution is -0.312. The fraction of sp³-hybridized carbons (Fsp3) is 0.462. The normalized spacial score (nSPS) is 25.8. The van der Waals surface area contributed by atoms with Gasteiger partial charge in [-0.1, -0.05) is 37.3 Å². The highest BCUT2D eigenvalue weighted by Crippen LogP contribution is 2.23. The molecule has 3 nitrogen and oxygen atoms in total. The first-order chi connectivity index (χ1) is 7.66. The number of carbonyl (C=O) groups is 1. The smallest absolute Gasteiger partial charge is 0.0461 e. The van der Waals surface area contributed by atoms with Crippen molar-refractivity contribution in [3.8, 4) is 0 Å². The standard InChI is InChI=1S/C13H17NO2/c1-10-7-14(9-12(10)13(15)16)8-11-5-3-2-4-6-11/h2-6,10,12H,7-9H2,1H3,(H,15,16)/p-1/t10-,12-/m1/s1. The van der Waals surface area contributed by atoms with Crippen LogP contribution in [0.1, 0.15) is 12.5 Å². The topological polar surface area (TPSA) is 43.4 Å². The number of likely N-dealkylation sites (tertiary alicyclic amines) is 1. The molecule has 1 saturated heterocycles. The van der Waals surface area contributed by atoms with E-state index in [4.69, 9.17) is 0 Å².